The molecule has 4 aromatic rings. The number of methoxy groups -OCH3 is 1. The molecule has 2 aliphatic rings. The van der Waals surface area contributed by atoms with Gasteiger partial charge in [-0.1, -0.05) is 26.0 Å². The second kappa shape index (κ2) is 10.7. The first kappa shape index (κ1) is 28.8. The summed E-state index contributed by atoms with van der Waals surface area (Å²) in [5, 5.41) is 9.33. The molecular formula is C30H35F3N6O3. The standard InChI is InChI=1S/C30H35F3N6O3/c1-29(2)9-10-38(17-29)11-12-42-30(33,27(31)32)24-8-6-19(16-34-24)18-5-7-23-22(13-18)25-26(36-35-23)37(3)28(40)39(25)20-14-21(15-20)41-4/h5-8,13,16,20-21,27H,9-12,14-15,17H2,1-4H3. The second-order valence-corrected chi connectivity index (χ2v) is 12.2. The van der Waals surface area contributed by atoms with Crippen molar-refractivity contribution in [3.8, 4) is 11.1 Å². The van der Waals surface area contributed by atoms with Crippen molar-refractivity contribution in [3.05, 3.63) is 52.7 Å². The third kappa shape index (κ3) is 4.99. The third-order valence-electron chi connectivity index (χ3n) is 8.74. The summed E-state index contributed by atoms with van der Waals surface area (Å²) in [7, 11) is 3.33. The van der Waals surface area contributed by atoms with Gasteiger partial charge in [-0.05, 0) is 55.0 Å². The normalized spacial score (nSPS) is 22.2. The minimum Gasteiger partial charge on any atom is -0.381 e. The van der Waals surface area contributed by atoms with Crippen molar-refractivity contribution in [1.82, 2.24) is 29.2 Å². The van der Waals surface area contributed by atoms with E-state index in [0.29, 0.717) is 34.4 Å². The van der Waals surface area contributed by atoms with Crippen LogP contribution in [0.25, 0.3) is 33.2 Å². The van der Waals surface area contributed by atoms with Crippen molar-refractivity contribution >= 4 is 22.1 Å². The predicted octanol–water partition coefficient (Wildman–Crippen LogP) is 4.83. The number of aryl methyl sites for hydroxylation is 1. The lowest BCUT2D eigenvalue weighted by Gasteiger charge is -2.34. The average Bonchev–Trinajstić information content (AvgIpc) is 3.43. The smallest absolute Gasteiger partial charge is 0.330 e. The molecule has 1 aliphatic carbocycles. The molecule has 0 radical (unpaired) electrons. The van der Waals surface area contributed by atoms with Gasteiger partial charge in [0.25, 0.3) is 0 Å². The van der Waals surface area contributed by atoms with E-state index in [1.807, 2.05) is 6.07 Å². The summed E-state index contributed by atoms with van der Waals surface area (Å²) < 4.78 is 57.3. The number of benzene rings is 1. The fourth-order valence-corrected chi connectivity index (χ4v) is 6.11. The van der Waals surface area contributed by atoms with Gasteiger partial charge in [0.1, 0.15) is 11.2 Å². The van der Waals surface area contributed by atoms with Gasteiger partial charge in [-0.15, -0.1) is 10.2 Å². The first-order valence-corrected chi connectivity index (χ1v) is 14.2. The lowest BCUT2D eigenvalue weighted by molar-refractivity contribution is -0.233. The van der Waals surface area contributed by atoms with Crippen LogP contribution in [0.3, 0.4) is 0 Å². The molecule has 6 rings (SSSR count). The van der Waals surface area contributed by atoms with Crippen molar-refractivity contribution < 1.29 is 22.6 Å². The van der Waals surface area contributed by atoms with Crippen LogP contribution in [0.4, 0.5) is 13.2 Å². The van der Waals surface area contributed by atoms with Crippen LogP contribution in [0, 0.1) is 5.41 Å². The Hall–Kier alpha value is -3.35. The van der Waals surface area contributed by atoms with Crippen LogP contribution in [0.1, 0.15) is 44.8 Å². The lowest BCUT2D eigenvalue weighted by Crippen LogP contribution is -2.37. The summed E-state index contributed by atoms with van der Waals surface area (Å²) in [5.41, 5.74) is 2.54. The molecule has 0 spiro atoms. The van der Waals surface area contributed by atoms with Crippen LogP contribution in [-0.4, -0.2) is 75.1 Å². The second-order valence-electron chi connectivity index (χ2n) is 12.2. The van der Waals surface area contributed by atoms with E-state index in [4.69, 9.17) is 9.47 Å². The first-order chi connectivity index (χ1) is 20.0. The van der Waals surface area contributed by atoms with Gasteiger partial charge in [0.15, 0.2) is 5.65 Å². The molecule has 1 atom stereocenters. The van der Waals surface area contributed by atoms with Gasteiger partial charge in [-0.3, -0.25) is 14.1 Å². The first-order valence-electron chi connectivity index (χ1n) is 14.2. The molecular weight excluding hydrogens is 549 g/mol. The van der Waals surface area contributed by atoms with Gasteiger partial charge in [-0.2, -0.15) is 4.39 Å². The molecule has 2 fully saturated rings. The summed E-state index contributed by atoms with van der Waals surface area (Å²) in [6.07, 6.45) is 0.492. The van der Waals surface area contributed by atoms with E-state index < -0.39 is 18.0 Å². The van der Waals surface area contributed by atoms with E-state index in [2.05, 4.69) is 33.9 Å². The molecule has 0 bridgehead atoms. The Morgan fingerprint density at radius 3 is 2.55 bits per heavy atom. The molecule has 1 aromatic carbocycles. The van der Waals surface area contributed by atoms with Crippen LogP contribution < -0.4 is 5.69 Å². The topological polar surface area (TPSA) is 87.3 Å². The van der Waals surface area contributed by atoms with Crippen molar-refractivity contribution in [2.24, 2.45) is 12.5 Å². The van der Waals surface area contributed by atoms with Crippen LogP contribution in [0.15, 0.2) is 41.3 Å². The highest BCUT2D eigenvalue weighted by atomic mass is 19.3. The average molecular weight is 585 g/mol. The number of rotatable bonds is 9. The molecule has 1 saturated heterocycles. The van der Waals surface area contributed by atoms with Crippen molar-refractivity contribution in [3.63, 3.8) is 0 Å². The van der Waals surface area contributed by atoms with Gasteiger partial charge < -0.3 is 14.4 Å². The monoisotopic (exact) mass is 584 g/mol. The van der Waals surface area contributed by atoms with Gasteiger partial charge in [-0.25, -0.2) is 13.6 Å². The van der Waals surface area contributed by atoms with Gasteiger partial charge in [0, 0.05) is 50.4 Å². The zero-order valence-corrected chi connectivity index (χ0v) is 24.2. The molecule has 1 saturated carbocycles. The van der Waals surface area contributed by atoms with Crippen LogP contribution in [0.5, 0.6) is 0 Å². The fourth-order valence-electron chi connectivity index (χ4n) is 6.11. The Morgan fingerprint density at radius 2 is 1.90 bits per heavy atom. The number of ether oxygens (including phenoxy) is 2. The maximum atomic E-state index is 15.5. The summed E-state index contributed by atoms with van der Waals surface area (Å²) in [5.74, 6) is -3.32. The fraction of sp³-hybridized carbons (Fsp3) is 0.533. The number of nitrogens with zero attached hydrogens (tertiary/aromatic N) is 6. The number of halogens is 3. The molecule has 0 N–H and O–H groups in total. The van der Waals surface area contributed by atoms with Gasteiger partial charge >= 0.3 is 18.0 Å². The quantitative estimate of drug-likeness (QED) is 0.279. The van der Waals surface area contributed by atoms with Gasteiger partial charge in [0.2, 0.25) is 0 Å². The molecule has 4 heterocycles. The summed E-state index contributed by atoms with van der Waals surface area (Å²) in [4.78, 5) is 19.3. The Bertz CT molecular complexity index is 1670. The third-order valence-corrected chi connectivity index (χ3v) is 8.74. The maximum Gasteiger partial charge on any atom is 0.330 e. The summed E-state index contributed by atoms with van der Waals surface area (Å²) in [6, 6.07) is 8.22. The lowest BCUT2D eigenvalue weighted by atomic mass is 9.89. The number of likely N-dealkylation sites (tertiary alicyclic amines) is 1. The number of imidazole rings is 1. The number of aromatic nitrogens is 5. The molecule has 9 nitrogen and oxygen atoms in total. The zero-order chi connectivity index (χ0) is 29.8. The highest BCUT2D eigenvalue weighted by Gasteiger charge is 2.45. The van der Waals surface area contributed by atoms with Gasteiger partial charge in [0.05, 0.1) is 18.2 Å². The largest absolute Gasteiger partial charge is 0.381 e. The number of fused-ring (bicyclic) bond motifs is 3. The summed E-state index contributed by atoms with van der Waals surface area (Å²) >= 11 is 0. The number of pyridine rings is 1. The Balaban J connectivity index is 1.28. The highest BCUT2D eigenvalue weighted by Crippen LogP contribution is 2.38. The Kier molecular flexibility index (Phi) is 7.35. The number of hydrogen-bond donors (Lipinski definition) is 0. The zero-order valence-electron chi connectivity index (χ0n) is 24.2. The molecule has 1 aliphatic heterocycles. The molecule has 224 valence electrons. The number of hydrogen-bond acceptors (Lipinski definition) is 7. The van der Waals surface area contributed by atoms with E-state index in [9.17, 15) is 13.6 Å². The minimum atomic E-state index is -3.41. The van der Waals surface area contributed by atoms with E-state index in [1.165, 1.54) is 16.8 Å². The van der Waals surface area contributed by atoms with Crippen LogP contribution >= 0.6 is 0 Å². The number of alkyl halides is 3. The SMILES string of the molecule is COC1CC(n2c(=O)n(C)c3nnc4ccc(-c5ccc(C(F)(OCCN6CCC(C)(C)C6)C(F)F)nc5)cc4c32)C1. The van der Waals surface area contributed by atoms with E-state index in [0.717, 1.165) is 37.7 Å². The molecule has 42 heavy (non-hydrogen) atoms. The van der Waals surface area contributed by atoms with E-state index in [1.54, 1.807) is 36.9 Å². The minimum absolute atomic E-state index is 0.0212. The Labute approximate surface area is 241 Å². The van der Waals surface area contributed by atoms with Crippen LogP contribution in [-0.2, 0) is 22.4 Å². The molecule has 3 aromatic heterocycles. The summed E-state index contributed by atoms with van der Waals surface area (Å²) in [6.45, 7) is 6.13. The van der Waals surface area contributed by atoms with Crippen molar-refractivity contribution in [1.29, 1.82) is 0 Å². The van der Waals surface area contributed by atoms with Crippen molar-refractivity contribution in [2.45, 2.75) is 57.5 Å². The molecule has 0 amide bonds. The molecule has 1 unspecified atom stereocenters. The van der Waals surface area contributed by atoms with E-state index >= 15 is 4.39 Å². The van der Waals surface area contributed by atoms with E-state index in [-0.39, 0.29) is 29.9 Å². The Morgan fingerprint density at radius 1 is 1.14 bits per heavy atom. The predicted molar refractivity (Wildman–Crippen MR) is 152 cm³/mol. The highest BCUT2D eigenvalue weighted by molar-refractivity contribution is 6.02. The molecule has 12 heteroatoms. The van der Waals surface area contributed by atoms with Crippen LogP contribution in [0.2, 0.25) is 0 Å². The maximum absolute atomic E-state index is 15.5. The van der Waals surface area contributed by atoms with Crippen molar-refractivity contribution in [2.75, 3.05) is 33.4 Å².